The summed E-state index contributed by atoms with van der Waals surface area (Å²) in [7, 11) is 1.36. The molecule has 4 nitrogen and oxygen atoms in total. The van der Waals surface area contributed by atoms with E-state index in [-0.39, 0.29) is 18.4 Å². The van der Waals surface area contributed by atoms with Crippen LogP contribution in [0.5, 0.6) is 0 Å². The van der Waals surface area contributed by atoms with Gasteiger partial charge in [-0.05, 0) is 18.2 Å². The third kappa shape index (κ3) is 2.45. The molecule has 0 radical (unpaired) electrons. The number of hydrogen-bond donors (Lipinski definition) is 0. The van der Waals surface area contributed by atoms with Crippen molar-refractivity contribution < 1.29 is 9.53 Å². The molecule has 0 bridgehead atoms. The highest BCUT2D eigenvalue weighted by atomic mass is 79.9. The van der Waals surface area contributed by atoms with Crippen LogP contribution in [0.3, 0.4) is 0 Å². The van der Waals surface area contributed by atoms with Gasteiger partial charge in [-0.15, -0.1) is 11.6 Å². The van der Waals surface area contributed by atoms with E-state index in [0.29, 0.717) is 5.82 Å². The minimum atomic E-state index is -0.321. The molecule has 6 heteroatoms. The number of aromatic nitrogens is 2. The monoisotopic (exact) mass is 316 g/mol. The van der Waals surface area contributed by atoms with Crippen LogP contribution in [-0.2, 0) is 22.0 Å². The molecule has 0 aliphatic heterocycles. The number of esters is 1. The lowest BCUT2D eigenvalue weighted by Gasteiger charge is -2.05. The number of carbonyl (C=O) groups is 1. The SMILES string of the molecule is COC(=O)Cn1c(CCl)nc2cc(Br)ccc21. The zero-order chi connectivity index (χ0) is 12.4. The van der Waals surface area contributed by atoms with E-state index in [9.17, 15) is 4.79 Å². The van der Waals surface area contributed by atoms with Crippen LogP contribution in [0.4, 0.5) is 0 Å². The highest BCUT2D eigenvalue weighted by Crippen LogP contribution is 2.21. The van der Waals surface area contributed by atoms with E-state index in [0.717, 1.165) is 15.5 Å². The van der Waals surface area contributed by atoms with Gasteiger partial charge in [0.25, 0.3) is 0 Å². The first-order valence-corrected chi connectivity index (χ1v) is 6.26. The number of fused-ring (bicyclic) bond motifs is 1. The van der Waals surface area contributed by atoms with Gasteiger partial charge in [-0.2, -0.15) is 0 Å². The molecule has 90 valence electrons. The van der Waals surface area contributed by atoms with Crippen molar-refractivity contribution in [3.63, 3.8) is 0 Å². The summed E-state index contributed by atoms with van der Waals surface area (Å²) < 4.78 is 7.36. The van der Waals surface area contributed by atoms with E-state index < -0.39 is 0 Å². The smallest absolute Gasteiger partial charge is 0.325 e. The predicted molar refractivity (Wildman–Crippen MR) is 69.0 cm³/mol. The molecule has 0 N–H and O–H groups in total. The topological polar surface area (TPSA) is 44.1 Å². The second kappa shape index (κ2) is 5.06. The molecule has 2 rings (SSSR count). The largest absolute Gasteiger partial charge is 0.468 e. The Kier molecular flexibility index (Phi) is 3.69. The number of benzene rings is 1. The van der Waals surface area contributed by atoms with Crippen molar-refractivity contribution in [2.24, 2.45) is 0 Å². The average Bonchev–Trinajstić information content (AvgIpc) is 2.66. The zero-order valence-corrected chi connectivity index (χ0v) is 11.5. The Bertz CT molecular complexity index is 568. The molecular weight excluding hydrogens is 307 g/mol. The number of nitrogens with zero attached hydrogens (tertiary/aromatic N) is 2. The van der Waals surface area contributed by atoms with Crippen LogP contribution in [0.1, 0.15) is 5.82 Å². The van der Waals surface area contributed by atoms with Crippen molar-refractivity contribution in [3.05, 3.63) is 28.5 Å². The maximum atomic E-state index is 11.3. The summed E-state index contributed by atoms with van der Waals surface area (Å²) in [6.07, 6.45) is 0. The molecule has 0 fully saturated rings. The van der Waals surface area contributed by atoms with Crippen LogP contribution in [0, 0.1) is 0 Å². The fourth-order valence-electron chi connectivity index (χ4n) is 1.62. The average molecular weight is 318 g/mol. The van der Waals surface area contributed by atoms with Crippen molar-refractivity contribution >= 4 is 44.5 Å². The van der Waals surface area contributed by atoms with E-state index in [1.165, 1.54) is 7.11 Å². The van der Waals surface area contributed by atoms with Gasteiger partial charge in [0.1, 0.15) is 12.4 Å². The van der Waals surface area contributed by atoms with Crippen LogP contribution in [0.25, 0.3) is 11.0 Å². The Morgan fingerprint density at radius 2 is 2.35 bits per heavy atom. The van der Waals surface area contributed by atoms with Gasteiger partial charge >= 0.3 is 5.97 Å². The Balaban J connectivity index is 2.54. The molecule has 1 aromatic heterocycles. The molecule has 0 saturated carbocycles. The number of ether oxygens (including phenoxy) is 1. The number of hydrogen-bond acceptors (Lipinski definition) is 3. The highest BCUT2D eigenvalue weighted by Gasteiger charge is 2.13. The van der Waals surface area contributed by atoms with Gasteiger partial charge in [-0.3, -0.25) is 4.79 Å². The van der Waals surface area contributed by atoms with E-state index in [1.807, 2.05) is 18.2 Å². The summed E-state index contributed by atoms with van der Waals surface area (Å²) in [5.41, 5.74) is 1.67. The van der Waals surface area contributed by atoms with Gasteiger partial charge in [0.15, 0.2) is 0 Å². The Hall–Kier alpha value is -1.07. The normalized spacial score (nSPS) is 10.8. The number of rotatable bonds is 3. The minimum Gasteiger partial charge on any atom is -0.468 e. The number of methoxy groups -OCH3 is 1. The van der Waals surface area contributed by atoms with Gasteiger partial charge in [0, 0.05) is 4.47 Å². The molecule has 0 atom stereocenters. The van der Waals surface area contributed by atoms with Crippen LogP contribution < -0.4 is 0 Å². The Labute approximate surface area is 112 Å². The van der Waals surface area contributed by atoms with Gasteiger partial charge < -0.3 is 9.30 Å². The van der Waals surface area contributed by atoms with E-state index in [1.54, 1.807) is 4.57 Å². The fraction of sp³-hybridized carbons (Fsp3) is 0.273. The van der Waals surface area contributed by atoms with E-state index in [2.05, 4.69) is 25.7 Å². The van der Waals surface area contributed by atoms with Gasteiger partial charge in [-0.1, -0.05) is 15.9 Å². The number of halogens is 2. The Morgan fingerprint density at radius 1 is 1.59 bits per heavy atom. The van der Waals surface area contributed by atoms with Crippen LogP contribution in [0.15, 0.2) is 22.7 Å². The third-order valence-electron chi connectivity index (χ3n) is 2.42. The molecule has 0 aliphatic carbocycles. The van der Waals surface area contributed by atoms with Crippen molar-refractivity contribution in [3.8, 4) is 0 Å². The van der Waals surface area contributed by atoms with Crippen LogP contribution in [-0.4, -0.2) is 22.6 Å². The molecule has 0 spiro atoms. The second-order valence-corrected chi connectivity index (χ2v) is 4.64. The van der Waals surface area contributed by atoms with Crippen molar-refractivity contribution in [1.29, 1.82) is 0 Å². The summed E-state index contributed by atoms with van der Waals surface area (Å²) in [5.74, 6) is 0.590. The molecule has 0 unspecified atom stereocenters. The van der Waals surface area contributed by atoms with Crippen LogP contribution in [0.2, 0.25) is 0 Å². The number of imidazole rings is 1. The maximum Gasteiger partial charge on any atom is 0.325 e. The molecule has 0 aliphatic rings. The first kappa shape index (κ1) is 12.4. The molecule has 1 heterocycles. The summed E-state index contributed by atoms with van der Waals surface area (Å²) in [5, 5.41) is 0. The van der Waals surface area contributed by atoms with E-state index >= 15 is 0 Å². The molecule has 0 saturated heterocycles. The van der Waals surface area contributed by atoms with Crippen LogP contribution >= 0.6 is 27.5 Å². The summed E-state index contributed by atoms with van der Waals surface area (Å²) in [6.45, 7) is 0.122. The van der Waals surface area contributed by atoms with Crippen molar-refractivity contribution in [1.82, 2.24) is 9.55 Å². The quantitative estimate of drug-likeness (QED) is 0.646. The van der Waals surface area contributed by atoms with Gasteiger partial charge in [0.05, 0.1) is 24.0 Å². The standard InChI is InChI=1S/C11H10BrClN2O2/c1-17-11(16)6-15-9-3-2-7(12)4-8(9)14-10(15)5-13/h2-4H,5-6H2,1H3. The second-order valence-electron chi connectivity index (χ2n) is 3.46. The summed E-state index contributed by atoms with van der Waals surface area (Å²) in [6, 6.07) is 5.68. The predicted octanol–water partition coefficient (Wildman–Crippen LogP) is 2.71. The fourth-order valence-corrected chi connectivity index (χ4v) is 2.18. The zero-order valence-electron chi connectivity index (χ0n) is 9.11. The van der Waals surface area contributed by atoms with Gasteiger partial charge in [-0.25, -0.2) is 4.98 Å². The minimum absolute atomic E-state index is 0.122. The van der Waals surface area contributed by atoms with Crippen molar-refractivity contribution in [2.45, 2.75) is 12.4 Å². The first-order valence-electron chi connectivity index (χ1n) is 4.93. The molecule has 2 aromatic rings. The lowest BCUT2D eigenvalue weighted by molar-refractivity contribution is -0.141. The lowest BCUT2D eigenvalue weighted by Crippen LogP contribution is -2.13. The third-order valence-corrected chi connectivity index (χ3v) is 3.16. The molecule has 1 aromatic carbocycles. The number of carbonyl (C=O) groups excluding carboxylic acids is 1. The maximum absolute atomic E-state index is 11.3. The molecule has 17 heavy (non-hydrogen) atoms. The van der Waals surface area contributed by atoms with Crippen molar-refractivity contribution in [2.75, 3.05) is 7.11 Å². The number of alkyl halides is 1. The molecule has 0 amide bonds. The summed E-state index contributed by atoms with van der Waals surface area (Å²) in [4.78, 5) is 15.7. The first-order chi connectivity index (χ1) is 8.15. The lowest BCUT2D eigenvalue weighted by atomic mass is 10.3. The Morgan fingerprint density at radius 3 is 3.00 bits per heavy atom. The highest BCUT2D eigenvalue weighted by molar-refractivity contribution is 9.10. The molecular formula is C11H10BrClN2O2. The summed E-state index contributed by atoms with van der Waals surface area (Å²) >= 11 is 9.20. The van der Waals surface area contributed by atoms with Gasteiger partial charge in [0.2, 0.25) is 0 Å². The van der Waals surface area contributed by atoms with E-state index in [4.69, 9.17) is 11.6 Å².